The van der Waals surface area contributed by atoms with E-state index in [1.807, 2.05) is 13.0 Å². The lowest BCUT2D eigenvalue weighted by molar-refractivity contribution is -0.115. The molecule has 0 bridgehead atoms. The molecule has 42 heavy (non-hydrogen) atoms. The van der Waals surface area contributed by atoms with Crippen molar-refractivity contribution in [2.75, 3.05) is 26.6 Å². The van der Waals surface area contributed by atoms with Gasteiger partial charge < -0.3 is 19.5 Å². The minimum atomic E-state index is -3.83. The summed E-state index contributed by atoms with van der Waals surface area (Å²) in [4.78, 5) is 32.0. The number of methoxy groups -OCH3 is 3. The van der Waals surface area contributed by atoms with E-state index in [1.165, 1.54) is 49.8 Å². The largest absolute Gasteiger partial charge is 0.495 e. The van der Waals surface area contributed by atoms with Crippen LogP contribution in [-0.4, -0.2) is 50.5 Å². The lowest BCUT2D eigenvalue weighted by Gasteiger charge is -2.19. The van der Waals surface area contributed by atoms with Crippen LogP contribution < -0.4 is 30.2 Å². The van der Waals surface area contributed by atoms with Gasteiger partial charge >= 0.3 is 0 Å². The first-order valence-corrected chi connectivity index (χ1v) is 15.4. The Morgan fingerprint density at radius 2 is 1.64 bits per heavy atom. The number of nitrogens with two attached hydrogens (primary N) is 1. The molecule has 3 N–H and O–H groups in total. The molecule has 4 rings (SSSR count). The second-order valence-electron chi connectivity index (χ2n) is 9.22. The highest BCUT2D eigenvalue weighted by Gasteiger charge is 2.24. The fraction of sp³-hybridized carbons (Fsp3) is 0.276. The molecule has 222 valence electrons. The lowest BCUT2D eigenvalue weighted by atomic mass is 10.1. The standard InChI is InChI=1S/C29H32N4O7S2/c1-5-26(27(34)31-21-8-6-7-9-23(21)38-2)41-29-32-22-17-25(40-4)24(39-3)16-20(22)28(35)33(29)15-14-18-10-12-19(13-11-18)42(30,36)37/h6-13,16-17,26H,5,14-15H2,1-4H3,(H,31,34)(H2,30,36,37)/t26-/m0/s1. The molecule has 11 nitrogen and oxygen atoms in total. The summed E-state index contributed by atoms with van der Waals surface area (Å²) in [6.07, 6.45) is 0.851. The van der Waals surface area contributed by atoms with Crippen LogP contribution in [0.3, 0.4) is 0 Å². The monoisotopic (exact) mass is 612 g/mol. The van der Waals surface area contributed by atoms with Crippen molar-refractivity contribution < 1.29 is 27.4 Å². The van der Waals surface area contributed by atoms with E-state index in [0.717, 1.165) is 5.56 Å². The summed E-state index contributed by atoms with van der Waals surface area (Å²) >= 11 is 1.18. The van der Waals surface area contributed by atoms with Crippen molar-refractivity contribution >= 4 is 44.3 Å². The molecule has 0 radical (unpaired) electrons. The summed E-state index contributed by atoms with van der Waals surface area (Å²) in [7, 11) is 0.684. The van der Waals surface area contributed by atoms with Crippen molar-refractivity contribution in [3.8, 4) is 17.2 Å². The third-order valence-corrected chi connectivity index (χ3v) is 8.86. The number of amides is 1. The molecule has 0 spiro atoms. The number of aryl methyl sites for hydroxylation is 1. The van der Waals surface area contributed by atoms with Crippen molar-refractivity contribution in [3.05, 3.63) is 76.6 Å². The van der Waals surface area contributed by atoms with Gasteiger partial charge in [0, 0.05) is 12.6 Å². The quantitative estimate of drug-likeness (QED) is 0.180. The SMILES string of the molecule is CC[C@H](Sc1nc2cc(OC)c(OC)cc2c(=O)n1CCc1ccc(S(N)(=O)=O)cc1)C(=O)Nc1ccccc1OC. The molecule has 0 unspecified atom stereocenters. The van der Waals surface area contributed by atoms with Gasteiger partial charge in [-0.1, -0.05) is 43.0 Å². The highest BCUT2D eigenvalue weighted by Crippen LogP contribution is 2.33. The van der Waals surface area contributed by atoms with Crippen molar-refractivity contribution in [3.63, 3.8) is 0 Å². The zero-order valence-electron chi connectivity index (χ0n) is 23.6. The number of sulfonamides is 1. The van der Waals surface area contributed by atoms with Crippen LogP contribution in [0.2, 0.25) is 0 Å². The van der Waals surface area contributed by atoms with E-state index in [1.54, 1.807) is 42.5 Å². The molecular weight excluding hydrogens is 580 g/mol. The summed E-state index contributed by atoms with van der Waals surface area (Å²) in [5, 5.41) is 8.22. The molecule has 0 saturated carbocycles. The molecule has 13 heteroatoms. The second-order valence-corrected chi connectivity index (χ2v) is 12.0. The number of hydrogen-bond acceptors (Lipinski definition) is 9. The van der Waals surface area contributed by atoms with E-state index >= 15 is 0 Å². The fourth-order valence-corrected chi connectivity index (χ4v) is 5.87. The van der Waals surface area contributed by atoms with E-state index in [2.05, 4.69) is 5.32 Å². The molecule has 1 aromatic heterocycles. The highest BCUT2D eigenvalue weighted by molar-refractivity contribution is 8.00. The van der Waals surface area contributed by atoms with Crippen LogP contribution in [0.4, 0.5) is 5.69 Å². The molecule has 0 aliphatic rings. The third kappa shape index (κ3) is 6.86. The molecule has 1 amide bonds. The number of nitrogens with zero attached hydrogens (tertiary/aromatic N) is 2. The predicted octanol–water partition coefficient (Wildman–Crippen LogP) is 3.82. The van der Waals surface area contributed by atoms with Gasteiger partial charge in [-0.05, 0) is 48.7 Å². The minimum absolute atomic E-state index is 0.0000720. The maximum atomic E-state index is 13.8. The summed E-state index contributed by atoms with van der Waals surface area (Å²) in [5.74, 6) is 1.07. The van der Waals surface area contributed by atoms with Crippen LogP contribution >= 0.6 is 11.8 Å². The molecule has 0 aliphatic heterocycles. The molecule has 3 aromatic carbocycles. The van der Waals surface area contributed by atoms with Gasteiger partial charge in [-0.2, -0.15) is 0 Å². The number of aromatic nitrogens is 2. The van der Waals surface area contributed by atoms with Gasteiger partial charge in [0.15, 0.2) is 16.7 Å². The number of para-hydroxylation sites is 2. The third-order valence-electron chi connectivity index (χ3n) is 6.58. The molecule has 0 aliphatic carbocycles. The van der Waals surface area contributed by atoms with Crippen LogP contribution in [-0.2, 0) is 27.8 Å². The molecule has 1 atom stereocenters. The molecule has 0 fully saturated rings. The van der Waals surface area contributed by atoms with Gasteiger partial charge in [-0.3, -0.25) is 14.2 Å². The Bertz CT molecular complexity index is 1760. The van der Waals surface area contributed by atoms with Crippen LogP contribution in [0.15, 0.2) is 75.5 Å². The Kier molecular flexibility index (Phi) is 9.76. The zero-order chi connectivity index (χ0) is 30.4. The average Bonchev–Trinajstić information content (AvgIpc) is 2.98. The predicted molar refractivity (Wildman–Crippen MR) is 162 cm³/mol. The zero-order valence-corrected chi connectivity index (χ0v) is 25.3. The Morgan fingerprint density at radius 1 is 1.00 bits per heavy atom. The van der Waals surface area contributed by atoms with Gasteiger partial charge in [0.25, 0.3) is 5.56 Å². The van der Waals surface area contributed by atoms with E-state index in [0.29, 0.717) is 51.8 Å². The maximum absolute atomic E-state index is 13.8. The van der Waals surface area contributed by atoms with Gasteiger partial charge in [0.2, 0.25) is 15.9 Å². The Morgan fingerprint density at radius 3 is 2.26 bits per heavy atom. The topological polar surface area (TPSA) is 152 Å². The van der Waals surface area contributed by atoms with Gasteiger partial charge in [-0.15, -0.1) is 0 Å². The van der Waals surface area contributed by atoms with Gasteiger partial charge in [0.05, 0.1) is 48.1 Å². The summed E-state index contributed by atoms with van der Waals surface area (Å²) < 4.78 is 41.0. The van der Waals surface area contributed by atoms with Crippen molar-refractivity contribution in [1.29, 1.82) is 0 Å². The first-order chi connectivity index (χ1) is 20.1. The van der Waals surface area contributed by atoms with E-state index in [4.69, 9.17) is 24.3 Å². The number of hydrogen-bond donors (Lipinski definition) is 2. The number of ether oxygens (including phenoxy) is 3. The summed E-state index contributed by atoms with van der Waals surface area (Å²) in [6, 6.07) is 16.5. The summed E-state index contributed by atoms with van der Waals surface area (Å²) in [6.45, 7) is 2.10. The first kappa shape index (κ1) is 30.9. The average molecular weight is 613 g/mol. The van der Waals surface area contributed by atoms with Crippen LogP contribution in [0, 0.1) is 0 Å². The van der Waals surface area contributed by atoms with Crippen molar-refractivity contribution in [1.82, 2.24) is 9.55 Å². The number of nitrogens with one attached hydrogen (secondary N) is 1. The van der Waals surface area contributed by atoms with E-state index < -0.39 is 15.3 Å². The number of fused-ring (bicyclic) bond motifs is 1. The summed E-state index contributed by atoms with van der Waals surface area (Å²) in [5.41, 5.74) is 1.41. The Balaban J connectivity index is 1.72. The fourth-order valence-electron chi connectivity index (χ4n) is 4.31. The normalized spacial score (nSPS) is 12.1. The van der Waals surface area contributed by atoms with E-state index in [9.17, 15) is 18.0 Å². The number of rotatable bonds is 12. The maximum Gasteiger partial charge on any atom is 0.262 e. The molecular formula is C29H32N4O7S2. The number of carbonyl (C=O) groups is 1. The number of anilines is 1. The Labute approximate surface area is 248 Å². The first-order valence-electron chi connectivity index (χ1n) is 13.0. The lowest BCUT2D eigenvalue weighted by Crippen LogP contribution is -2.29. The minimum Gasteiger partial charge on any atom is -0.495 e. The smallest absolute Gasteiger partial charge is 0.262 e. The second kappa shape index (κ2) is 13.3. The molecule has 0 saturated heterocycles. The Hall–Kier alpha value is -4.07. The van der Waals surface area contributed by atoms with Gasteiger partial charge in [-0.25, -0.2) is 18.5 Å². The number of carbonyl (C=O) groups excluding carboxylic acids is 1. The number of primary sulfonamides is 1. The van der Waals surface area contributed by atoms with Crippen LogP contribution in [0.5, 0.6) is 17.2 Å². The number of benzene rings is 3. The van der Waals surface area contributed by atoms with Crippen molar-refractivity contribution in [2.24, 2.45) is 5.14 Å². The van der Waals surface area contributed by atoms with Crippen molar-refractivity contribution in [2.45, 2.75) is 41.6 Å². The number of thioether (sulfide) groups is 1. The van der Waals surface area contributed by atoms with E-state index in [-0.39, 0.29) is 22.9 Å². The molecule has 1 heterocycles. The van der Waals surface area contributed by atoms with Crippen LogP contribution in [0.1, 0.15) is 18.9 Å². The van der Waals surface area contributed by atoms with Crippen LogP contribution in [0.25, 0.3) is 10.9 Å². The molecule has 4 aromatic rings. The highest BCUT2D eigenvalue weighted by atomic mass is 32.2. The van der Waals surface area contributed by atoms with Gasteiger partial charge in [0.1, 0.15) is 5.75 Å².